The molecule has 0 radical (unpaired) electrons. The van der Waals surface area contributed by atoms with Crippen molar-refractivity contribution in [3.8, 4) is 17.2 Å². The second kappa shape index (κ2) is 11.4. The molecule has 2 aromatic carbocycles. The number of nitrogens with zero attached hydrogens (tertiary/aromatic N) is 3. The summed E-state index contributed by atoms with van der Waals surface area (Å²) in [5, 5.41) is 11.4. The second-order valence-corrected chi connectivity index (χ2v) is 9.28. The number of Topliss-reactive ketones (excluding diaryl/α,β-unsaturated/α-hetero) is 1. The van der Waals surface area contributed by atoms with Crippen molar-refractivity contribution >= 4 is 17.4 Å². The third-order valence-corrected chi connectivity index (χ3v) is 6.67. The maximum atomic E-state index is 13.4. The average Bonchev–Trinajstić information content (AvgIpc) is 3.55. The van der Waals surface area contributed by atoms with Gasteiger partial charge in [-0.15, -0.1) is 0 Å². The van der Waals surface area contributed by atoms with Crippen LogP contribution in [0.3, 0.4) is 0 Å². The van der Waals surface area contributed by atoms with Gasteiger partial charge in [0.25, 0.3) is 11.7 Å². The van der Waals surface area contributed by atoms with Crippen LogP contribution in [0.1, 0.15) is 43.4 Å². The number of likely N-dealkylation sites (tertiary alicyclic amines) is 1. The highest BCUT2D eigenvalue weighted by atomic mass is 16.6. The number of fused-ring (bicyclic) bond motifs is 1. The number of carbonyl (C=O) groups is 2. The fraction of sp³-hybridized carbons (Fsp3) is 0.345. The Hall–Kier alpha value is -4.27. The quantitative estimate of drug-likeness (QED) is 0.185. The molecule has 1 atom stereocenters. The van der Waals surface area contributed by atoms with E-state index in [2.05, 4.69) is 11.9 Å². The van der Waals surface area contributed by atoms with Crippen molar-refractivity contribution in [2.45, 2.75) is 38.8 Å². The first-order valence-corrected chi connectivity index (χ1v) is 12.9. The number of aromatic nitrogens is 2. The lowest BCUT2D eigenvalue weighted by Gasteiger charge is -2.26. The zero-order chi connectivity index (χ0) is 26.5. The molecule has 1 amide bonds. The summed E-state index contributed by atoms with van der Waals surface area (Å²) in [5.41, 5.74) is 1.12. The average molecular weight is 518 g/mol. The monoisotopic (exact) mass is 517 g/mol. The predicted octanol–water partition coefficient (Wildman–Crippen LogP) is 4.35. The van der Waals surface area contributed by atoms with Crippen LogP contribution in [0, 0.1) is 0 Å². The maximum absolute atomic E-state index is 13.4. The Morgan fingerprint density at radius 1 is 1.08 bits per heavy atom. The van der Waals surface area contributed by atoms with Crippen molar-refractivity contribution in [1.82, 2.24) is 14.5 Å². The molecule has 1 aromatic heterocycles. The molecule has 5 rings (SSSR count). The van der Waals surface area contributed by atoms with Crippen molar-refractivity contribution < 1.29 is 28.9 Å². The Labute approximate surface area is 221 Å². The molecule has 3 aromatic rings. The van der Waals surface area contributed by atoms with Gasteiger partial charge in [-0.2, -0.15) is 0 Å². The summed E-state index contributed by atoms with van der Waals surface area (Å²) in [6, 6.07) is 11.6. The van der Waals surface area contributed by atoms with Gasteiger partial charge in [-0.3, -0.25) is 9.59 Å². The molecule has 0 spiro atoms. The second-order valence-electron chi connectivity index (χ2n) is 9.28. The van der Waals surface area contributed by atoms with Gasteiger partial charge in [0.15, 0.2) is 11.5 Å². The van der Waals surface area contributed by atoms with Crippen LogP contribution < -0.4 is 14.2 Å². The molecular weight excluding hydrogens is 486 g/mol. The first-order chi connectivity index (χ1) is 18.6. The van der Waals surface area contributed by atoms with E-state index in [1.54, 1.807) is 30.7 Å². The minimum absolute atomic E-state index is 0.0417. The molecule has 0 aliphatic carbocycles. The number of ketones is 1. The van der Waals surface area contributed by atoms with Crippen LogP contribution in [0.4, 0.5) is 0 Å². The molecule has 0 bridgehead atoms. The van der Waals surface area contributed by atoms with Crippen LogP contribution in [0.25, 0.3) is 5.76 Å². The molecule has 38 heavy (non-hydrogen) atoms. The summed E-state index contributed by atoms with van der Waals surface area (Å²) in [4.78, 5) is 32.3. The van der Waals surface area contributed by atoms with Crippen molar-refractivity contribution in [2.24, 2.45) is 0 Å². The number of aliphatic hydroxyl groups excluding tert-OH is 1. The highest BCUT2D eigenvalue weighted by Crippen LogP contribution is 2.41. The topological polar surface area (TPSA) is 103 Å². The lowest BCUT2D eigenvalue weighted by Crippen LogP contribution is -2.31. The number of ether oxygens (including phenoxy) is 3. The number of benzene rings is 2. The molecule has 9 heteroatoms. The fourth-order valence-electron chi connectivity index (χ4n) is 4.75. The maximum Gasteiger partial charge on any atom is 0.295 e. The summed E-state index contributed by atoms with van der Waals surface area (Å²) >= 11 is 0. The Bertz CT molecular complexity index is 1330. The third-order valence-electron chi connectivity index (χ3n) is 6.67. The van der Waals surface area contributed by atoms with Crippen LogP contribution in [0.15, 0.2) is 66.8 Å². The number of hydrogen-bond donors (Lipinski definition) is 1. The van der Waals surface area contributed by atoms with Gasteiger partial charge in [0.2, 0.25) is 0 Å². The SMILES string of the molecule is CCCCOc1cccc(C2/C(=C(\O)c3ccc4c(c3)OCCO4)C(=O)C(=O)N2CCCn2ccnc2)c1. The van der Waals surface area contributed by atoms with E-state index in [1.807, 2.05) is 35.0 Å². The van der Waals surface area contributed by atoms with Gasteiger partial charge in [0, 0.05) is 31.0 Å². The first kappa shape index (κ1) is 25.4. The number of amides is 1. The van der Waals surface area contributed by atoms with Crippen molar-refractivity contribution in [3.63, 3.8) is 0 Å². The molecule has 2 aliphatic rings. The fourth-order valence-corrected chi connectivity index (χ4v) is 4.75. The number of imidazole rings is 1. The third kappa shape index (κ3) is 5.22. The van der Waals surface area contributed by atoms with Crippen LogP contribution in [0.5, 0.6) is 17.2 Å². The smallest absolute Gasteiger partial charge is 0.295 e. The summed E-state index contributed by atoms with van der Waals surface area (Å²) in [6.07, 6.45) is 7.79. The largest absolute Gasteiger partial charge is 0.507 e. The number of carbonyl (C=O) groups excluding carboxylic acids is 2. The van der Waals surface area contributed by atoms with Gasteiger partial charge in [-0.1, -0.05) is 25.5 Å². The van der Waals surface area contributed by atoms with Crippen LogP contribution >= 0.6 is 0 Å². The molecule has 9 nitrogen and oxygen atoms in total. The summed E-state index contributed by atoms with van der Waals surface area (Å²) < 4.78 is 19.1. The zero-order valence-corrected chi connectivity index (χ0v) is 21.3. The Kier molecular flexibility index (Phi) is 7.62. The molecule has 3 heterocycles. The normalized spacial score (nSPS) is 18.1. The van der Waals surface area contributed by atoms with E-state index in [1.165, 1.54) is 4.90 Å². The van der Waals surface area contributed by atoms with E-state index in [-0.39, 0.29) is 11.3 Å². The Morgan fingerprint density at radius 2 is 1.92 bits per heavy atom. The lowest BCUT2D eigenvalue weighted by atomic mass is 9.95. The zero-order valence-electron chi connectivity index (χ0n) is 21.3. The highest BCUT2D eigenvalue weighted by Gasteiger charge is 2.46. The van der Waals surface area contributed by atoms with E-state index in [0.29, 0.717) is 67.7 Å². The minimum Gasteiger partial charge on any atom is -0.507 e. The van der Waals surface area contributed by atoms with E-state index in [4.69, 9.17) is 14.2 Å². The lowest BCUT2D eigenvalue weighted by molar-refractivity contribution is -0.139. The van der Waals surface area contributed by atoms with E-state index < -0.39 is 17.7 Å². The predicted molar refractivity (Wildman–Crippen MR) is 140 cm³/mol. The van der Waals surface area contributed by atoms with Crippen molar-refractivity contribution in [3.05, 3.63) is 77.9 Å². The van der Waals surface area contributed by atoms with Crippen molar-refractivity contribution in [2.75, 3.05) is 26.4 Å². The summed E-state index contributed by atoms with van der Waals surface area (Å²) in [5.74, 6) is 0.0948. The van der Waals surface area contributed by atoms with Gasteiger partial charge in [-0.05, 0) is 48.7 Å². The van der Waals surface area contributed by atoms with E-state index in [0.717, 1.165) is 12.8 Å². The molecule has 0 saturated carbocycles. The van der Waals surface area contributed by atoms with Crippen LogP contribution in [0.2, 0.25) is 0 Å². The molecule has 1 fully saturated rings. The number of hydrogen-bond acceptors (Lipinski definition) is 7. The van der Waals surface area contributed by atoms with Crippen LogP contribution in [-0.4, -0.2) is 57.6 Å². The number of unbranched alkanes of at least 4 members (excludes halogenated alkanes) is 1. The molecule has 2 aliphatic heterocycles. The molecule has 1 unspecified atom stereocenters. The van der Waals surface area contributed by atoms with Gasteiger partial charge < -0.3 is 28.8 Å². The number of aliphatic hydroxyl groups is 1. The van der Waals surface area contributed by atoms with E-state index >= 15 is 0 Å². The number of rotatable bonds is 10. The molecule has 1 N–H and O–H groups in total. The molecular formula is C29H31N3O6. The molecule has 1 saturated heterocycles. The highest BCUT2D eigenvalue weighted by molar-refractivity contribution is 6.46. The standard InChI is InChI=1S/C29H31N3O6/c1-2-3-14-36-22-7-4-6-20(17-22)26-25(27(33)21-8-9-23-24(18-21)38-16-15-37-23)28(34)29(35)32(26)12-5-11-31-13-10-30-19-31/h4,6-10,13,17-19,26,33H,2-3,5,11-12,14-16H2,1H3/b27-25+. The Morgan fingerprint density at radius 3 is 2.71 bits per heavy atom. The van der Waals surface area contributed by atoms with Crippen molar-refractivity contribution in [1.29, 1.82) is 0 Å². The van der Waals surface area contributed by atoms with E-state index in [9.17, 15) is 14.7 Å². The number of aryl methyl sites for hydroxylation is 1. The van der Waals surface area contributed by atoms with Gasteiger partial charge in [0.05, 0.1) is 24.5 Å². The minimum atomic E-state index is -0.763. The first-order valence-electron chi connectivity index (χ1n) is 12.9. The van der Waals surface area contributed by atoms with Gasteiger partial charge in [0.1, 0.15) is 24.7 Å². The Balaban J connectivity index is 1.52. The summed E-state index contributed by atoms with van der Waals surface area (Å²) in [7, 11) is 0. The van der Waals surface area contributed by atoms with Gasteiger partial charge >= 0.3 is 0 Å². The van der Waals surface area contributed by atoms with Gasteiger partial charge in [-0.25, -0.2) is 4.98 Å². The summed E-state index contributed by atoms with van der Waals surface area (Å²) in [6.45, 7) is 4.46. The molecule has 198 valence electrons. The van der Waals surface area contributed by atoms with Crippen LogP contribution in [-0.2, 0) is 16.1 Å².